The van der Waals surface area contributed by atoms with E-state index in [4.69, 9.17) is 14.0 Å². The molecule has 4 aliphatic rings. The van der Waals surface area contributed by atoms with Crippen molar-refractivity contribution in [2.24, 2.45) is 23.7 Å². The van der Waals surface area contributed by atoms with Crippen LogP contribution in [0.1, 0.15) is 45.4 Å². The van der Waals surface area contributed by atoms with Crippen molar-refractivity contribution in [2.75, 3.05) is 12.4 Å². The predicted molar refractivity (Wildman–Crippen MR) is 97.6 cm³/mol. The summed E-state index contributed by atoms with van der Waals surface area (Å²) in [5, 5.41) is 0. The molecule has 0 amide bonds. The second-order valence-electron chi connectivity index (χ2n) is 8.65. The number of ether oxygens (including phenoxy) is 2. The van der Waals surface area contributed by atoms with Crippen LogP contribution in [0.3, 0.4) is 0 Å². The molecule has 9 heteroatoms. The van der Waals surface area contributed by atoms with Gasteiger partial charge in [0.25, 0.3) is 10.1 Å². The minimum atomic E-state index is -4.39. The third-order valence-electron chi connectivity index (χ3n) is 6.21. The van der Waals surface area contributed by atoms with Crippen LogP contribution in [0.25, 0.3) is 0 Å². The Morgan fingerprint density at radius 2 is 1.86 bits per heavy atom. The molecule has 4 bridgehead atoms. The third-order valence-corrected chi connectivity index (χ3v) is 7.00. The van der Waals surface area contributed by atoms with E-state index in [9.17, 15) is 22.4 Å². The van der Waals surface area contributed by atoms with E-state index in [-0.39, 0.29) is 30.8 Å². The Hall–Kier alpha value is -1.48. The van der Waals surface area contributed by atoms with E-state index >= 15 is 0 Å². The second-order valence-corrected chi connectivity index (χ2v) is 10.1. The quantitative estimate of drug-likeness (QED) is 0.366. The molecule has 0 aromatic heterocycles. The molecule has 0 saturated heterocycles. The van der Waals surface area contributed by atoms with Gasteiger partial charge in [-0.25, -0.2) is 9.18 Å². The second kappa shape index (κ2) is 7.74. The summed E-state index contributed by atoms with van der Waals surface area (Å²) in [5.74, 6) is -1.54. The Morgan fingerprint density at radius 1 is 1.25 bits per heavy atom. The lowest BCUT2D eigenvalue weighted by Crippen LogP contribution is -2.58. The number of carbonyl (C=O) groups excluding carboxylic acids is 2. The van der Waals surface area contributed by atoms with E-state index in [2.05, 4.69) is 6.58 Å². The van der Waals surface area contributed by atoms with Crippen molar-refractivity contribution in [1.29, 1.82) is 0 Å². The van der Waals surface area contributed by atoms with E-state index < -0.39 is 39.6 Å². The minimum absolute atomic E-state index is 0.0654. The number of hydrogen-bond donors (Lipinski definition) is 1. The van der Waals surface area contributed by atoms with Crippen molar-refractivity contribution in [3.05, 3.63) is 12.2 Å². The molecule has 4 aliphatic carbocycles. The minimum Gasteiger partial charge on any atom is -0.465 e. The molecule has 0 aliphatic heterocycles. The van der Waals surface area contributed by atoms with Crippen molar-refractivity contribution in [2.45, 2.75) is 57.2 Å². The van der Waals surface area contributed by atoms with Crippen LogP contribution in [0.5, 0.6) is 0 Å². The van der Waals surface area contributed by atoms with Gasteiger partial charge in [-0.05, 0) is 56.8 Å². The van der Waals surface area contributed by atoms with Crippen molar-refractivity contribution in [3.8, 4) is 0 Å². The normalized spacial score (nSPS) is 34.7. The average Bonchev–Trinajstić information content (AvgIpc) is 2.51. The van der Waals surface area contributed by atoms with Gasteiger partial charge in [-0.15, -0.1) is 0 Å². The molecule has 0 heterocycles. The van der Waals surface area contributed by atoms with Gasteiger partial charge in [0.1, 0.15) is 17.5 Å². The Labute approximate surface area is 164 Å². The van der Waals surface area contributed by atoms with E-state index in [1.807, 2.05) is 0 Å². The van der Waals surface area contributed by atoms with Crippen LogP contribution in [0, 0.1) is 23.7 Å². The SMILES string of the molecule is C=C(C)C(=O)OC12CC3CC(C1)C(C(=O)OCCC(F)CS(=O)(=O)O)C(C3)C2. The highest BCUT2D eigenvalue weighted by molar-refractivity contribution is 7.85. The smallest absolute Gasteiger partial charge is 0.333 e. The first kappa shape index (κ1) is 21.2. The van der Waals surface area contributed by atoms with Gasteiger partial charge in [0.05, 0.1) is 12.5 Å². The topological polar surface area (TPSA) is 107 Å². The summed E-state index contributed by atoms with van der Waals surface area (Å²) < 4.78 is 54.5. The lowest BCUT2D eigenvalue weighted by Gasteiger charge is -2.58. The fourth-order valence-electron chi connectivity index (χ4n) is 5.44. The predicted octanol–water partition coefficient (Wildman–Crippen LogP) is 2.46. The van der Waals surface area contributed by atoms with Gasteiger partial charge in [0.2, 0.25) is 0 Å². The van der Waals surface area contributed by atoms with Gasteiger partial charge in [-0.3, -0.25) is 9.35 Å². The fourth-order valence-corrected chi connectivity index (χ4v) is 6.06. The Bertz CT molecular complexity index is 746. The summed E-state index contributed by atoms with van der Waals surface area (Å²) in [4.78, 5) is 24.6. The van der Waals surface area contributed by atoms with E-state index in [0.717, 1.165) is 19.3 Å². The molecule has 158 valence electrons. The number of carbonyl (C=O) groups is 2. The molecule has 0 radical (unpaired) electrons. The molecule has 3 atom stereocenters. The number of esters is 2. The molecule has 1 N–H and O–H groups in total. The summed E-state index contributed by atoms with van der Waals surface area (Å²) in [7, 11) is -4.39. The van der Waals surface area contributed by atoms with Gasteiger partial charge in [0.15, 0.2) is 0 Å². The van der Waals surface area contributed by atoms with Crippen LogP contribution in [-0.2, 0) is 29.2 Å². The number of halogens is 1. The molecular formula is C19H27FO7S. The van der Waals surface area contributed by atoms with Crippen LogP contribution in [0.2, 0.25) is 0 Å². The zero-order chi connectivity index (χ0) is 20.7. The number of alkyl halides is 1. The zero-order valence-electron chi connectivity index (χ0n) is 15.9. The zero-order valence-corrected chi connectivity index (χ0v) is 16.8. The molecule has 4 rings (SSSR count). The third kappa shape index (κ3) is 4.74. The van der Waals surface area contributed by atoms with Crippen molar-refractivity contribution in [3.63, 3.8) is 0 Å². The van der Waals surface area contributed by atoms with Gasteiger partial charge < -0.3 is 9.47 Å². The Kier molecular flexibility index (Phi) is 5.87. The first-order valence-electron chi connectivity index (χ1n) is 9.63. The monoisotopic (exact) mass is 418 g/mol. The lowest BCUT2D eigenvalue weighted by molar-refractivity contribution is -0.199. The molecule has 4 fully saturated rings. The van der Waals surface area contributed by atoms with Gasteiger partial charge >= 0.3 is 11.9 Å². The molecule has 4 saturated carbocycles. The molecule has 0 spiro atoms. The van der Waals surface area contributed by atoms with Gasteiger partial charge in [-0.1, -0.05) is 6.58 Å². The highest BCUT2D eigenvalue weighted by Gasteiger charge is 2.59. The highest BCUT2D eigenvalue weighted by Crippen LogP contribution is 2.60. The molecule has 0 aromatic carbocycles. The first-order valence-corrected chi connectivity index (χ1v) is 11.2. The number of rotatable bonds is 8. The largest absolute Gasteiger partial charge is 0.465 e. The highest BCUT2D eigenvalue weighted by atomic mass is 32.2. The van der Waals surface area contributed by atoms with E-state index in [1.54, 1.807) is 6.92 Å². The number of hydrogen-bond acceptors (Lipinski definition) is 6. The molecule has 7 nitrogen and oxygen atoms in total. The summed E-state index contributed by atoms with van der Waals surface area (Å²) in [5.41, 5.74) is -0.166. The van der Waals surface area contributed by atoms with E-state index in [1.165, 1.54) is 0 Å². The summed E-state index contributed by atoms with van der Waals surface area (Å²) in [6, 6.07) is 0. The van der Waals surface area contributed by atoms with Crippen molar-refractivity contribution < 1.29 is 36.4 Å². The van der Waals surface area contributed by atoms with Gasteiger partial charge in [0, 0.05) is 12.0 Å². The maximum Gasteiger partial charge on any atom is 0.333 e. The maximum atomic E-state index is 13.5. The lowest BCUT2D eigenvalue weighted by atomic mass is 9.50. The van der Waals surface area contributed by atoms with Crippen molar-refractivity contribution in [1.82, 2.24) is 0 Å². The first-order chi connectivity index (χ1) is 13.0. The van der Waals surface area contributed by atoms with Crippen LogP contribution >= 0.6 is 0 Å². The van der Waals surface area contributed by atoms with Gasteiger partial charge in [-0.2, -0.15) is 8.42 Å². The average molecular weight is 418 g/mol. The molecule has 28 heavy (non-hydrogen) atoms. The summed E-state index contributed by atoms with van der Waals surface area (Å²) in [6.45, 7) is 5.02. The van der Waals surface area contributed by atoms with Crippen LogP contribution < -0.4 is 0 Å². The molecule has 3 unspecified atom stereocenters. The fraction of sp³-hybridized carbons (Fsp3) is 0.789. The van der Waals surface area contributed by atoms with E-state index in [0.29, 0.717) is 24.3 Å². The summed E-state index contributed by atoms with van der Waals surface area (Å²) in [6.07, 6.45) is 1.76. The molecular weight excluding hydrogens is 391 g/mol. The van der Waals surface area contributed by atoms with Crippen molar-refractivity contribution >= 4 is 22.1 Å². The van der Waals surface area contributed by atoms with Crippen LogP contribution in [0.4, 0.5) is 4.39 Å². The Morgan fingerprint density at radius 3 is 2.39 bits per heavy atom. The van der Waals surface area contributed by atoms with Crippen LogP contribution in [-0.4, -0.2) is 49.0 Å². The molecule has 0 aromatic rings. The van der Waals surface area contributed by atoms with Crippen LogP contribution in [0.15, 0.2) is 12.2 Å². The summed E-state index contributed by atoms with van der Waals surface area (Å²) >= 11 is 0. The maximum absolute atomic E-state index is 13.5. The standard InChI is InChI=1S/C19H27FO7S/c1-11(2)17(21)27-19-7-12-5-13(8-19)16(14(6-12)9-19)18(22)26-4-3-15(20)10-28(23,24)25/h12-16H,1,3-10H2,2H3,(H,23,24,25). The Balaban J connectivity index is 1.56.